The quantitative estimate of drug-likeness (QED) is 0.558. The Hall–Kier alpha value is -0.0800. The molecule has 0 bridgehead atoms. The van der Waals surface area contributed by atoms with Crippen molar-refractivity contribution in [3.8, 4) is 0 Å². The van der Waals surface area contributed by atoms with E-state index in [1.807, 2.05) is 6.92 Å². The van der Waals surface area contributed by atoms with Gasteiger partial charge < -0.3 is 9.84 Å². The first-order valence-electron chi connectivity index (χ1n) is 2.79. The van der Waals surface area contributed by atoms with Crippen molar-refractivity contribution in [2.75, 3.05) is 0 Å². The molecule has 0 rings (SSSR count). The monoisotopic (exact) mass is 117 g/mol. The first kappa shape index (κ1) is 7.92. The summed E-state index contributed by atoms with van der Waals surface area (Å²) in [6.07, 6.45) is 0.104. The number of hydrogen-bond donors (Lipinski definition) is 1. The molecule has 2 nitrogen and oxygen atoms in total. The Morgan fingerprint density at radius 1 is 1.62 bits per heavy atom. The molecule has 1 radical (unpaired) electrons. The molecule has 0 aromatic rings. The molecule has 0 spiro atoms. The summed E-state index contributed by atoms with van der Waals surface area (Å²) < 4.78 is 4.89. The zero-order valence-electron chi connectivity index (χ0n) is 5.42. The van der Waals surface area contributed by atoms with Crippen LogP contribution >= 0.6 is 0 Å². The predicted molar refractivity (Wildman–Crippen MR) is 32.2 cm³/mol. The van der Waals surface area contributed by atoms with E-state index < -0.39 is 6.29 Å². The van der Waals surface area contributed by atoms with Crippen LogP contribution in [0.1, 0.15) is 20.3 Å². The maximum absolute atomic E-state index is 8.60. The van der Waals surface area contributed by atoms with Gasteiger partial charge in [-0.1, -0.05) is 6.92 Å². The normalized spacial score (nSPS) is 18.0. The van der Waals surface area contributed by atoms with E-state index >= 15 is 0 Å². The number of hydrogen-bond acceptors (Lipinski definition) is 2. The van der Waals surface area contributed by atoms with Gasteiger partial charge in [0.25, 0.3) is 0 Å². The Balaban J connectivity index is 3.10. The number of ether oxygens (including phenoxy) is 1. The molecule has 0 heterocycles. The fraction of sp³-hybridized carbons (Fsp3) is 0.833. The third kappa shape index (κ3) is 4.09. The first-order valence-corrected chi connectivity index (χ1v) is 2.79. The second-order valence-corrected chi connectivity index (χ2v) is 1.83. The molecular formula is C6H13O2. The van der Waals surface area contributed by atoms with Gasteiger partial charge in [-0.2, -0.15) is 0 Å². The Bertz CT molecular complexity index is 52.5. The van der Waals surface area contributed by atoms with E-state index in [4.69, 9.17) is 9.84 Å². The van der Waals surface area contributed by atoms with Crippen LogP contribution in [0.25, 0.3) is 0 Å². The lowest BCUT2D eigenvalue weighted by molar-refractivity contribution is -0.116. The molecular weight excluding hydrogens is 104 g/mol. The highest BCUT2D eigenvalue weighted by atomic mass is 16.6. The predicted octanol–water partition coefficient (Wildman–Crippen LogP) is 0.954. The molecule has 0 aliphatic heterocycles. The van der Waals surface area contributed by atoms with E-state index in [1.54, 1.807) is 6.92 Å². The maximum Gasteiger partial charge on any atom is 0.152 e. The molecule has 0 fully saturated rings. The highest BCUT2D eigenvalue weighted by molar-refractivity contribution is 4.50. The molecule has 0 aliphatic rings. The molecule has 1 N–H and O–H groups in total. The molecule has 49 valence electrons. The highest BCUT2D eigenvalue weighted by Crippen LogP contribution is 1.97. The van der Waals surface area contributed by atoms with E-state index in [0.717, 1.165) is 0 Å². The smallest absolute Gasteiger partial charge is 0.152 e. The molecule has 0 saturated heterocycles. The van der Waals surface area contributed by atoms with Crippen LogP contribution in [0.15, 0.2) is 0 Å². The summed E-state index contributed by atoms with van der Waals surface area (Å²) in [5, 5.41) is 8.60. The van der Waals surface area contributed by atoms with Crippen molar-refractivity contribution in [3.63, 3.8) is 0 Å². The summed E-state index contributed by atoms with van der Waals surface area (Å²) in [4.78, 5) is 0. The number of aliphatic hydroxyl groups excluding tert-OH is 1. The van der Waals surface area contributed by atoms with Crippen LogP contribution in [0.2, 0.25) is 0 Å². The lowest BCUT2D eigenvalue weighted by Crippen LogP contribution is -2.14. The molecule has 0 aromatic heterocycles. The largest absolute Gasteiger partial charge is 0.368 e. The summed E-state index contributed by atoms with van der Waals surface area (Å²) in [6.45, 7) is 7.07. The molecule has 0 aromatic carbocycles. The van der Waals surface area contributed by atoms with Crippen LogP contribution in [0.3, 0.4) is 0 Å². The fourth-order valence-corrected chi connectivity index (χ4v) is 0.404. The van der Waals surface area contributed by atoms with Crippen molar-refractivity contribution >= 4 is 0 Å². The summed E-state index contributed by atoms with van der Waals surface area (Å²) in [6, 6.07) is 0. The van der Waals surface area contributed by atoms with E-state index in [2.05, 4.69) is 6.92 Å². The third-order valence-electron chi connectivity index (χ3n) is 0.836. The van der Waals surface area contributed by atoms with Gasteiger partial charge in [-0.15, -0.1) is 0 Å². The van der Waals surface area contributed by atoms with Crippen LogP contribution in [0.4, 0.5) is 0 Å². The second kappa shape index (κ2) is 3.87. The van der Waals surface area contributed by atoms with Gasteiger partial charge >= 0.3 is 0 Å². The van der Waals surface area contributed by atoms with Crippen LogP contribution in [0.5, 0.6) is 0 Å². The van der Waals surface area contributed by atoms with Gasteiger partial charge in [0.05, 0.1) is 6.10 Å². The van der Waals surface area contributed by atoms with Gasteiger partial charge in [0.15, 0.2) is 6.29 Å². The maximum atomic E-state index is 8.60. The second-order valence-electron chi connectivity index (χ2n) is 1.83. The van der Waals surface area contributed by atoms with Crippen molar-refractivity contribution in [1.29, 1.82) is 0 Å². The van der Waals surface area contributed by atoms with Gasteiger partial charge in [0.1, 0.15) is 0 Å². The SMILES string of the molecule is [CH2]CC(C)OC(C)O. The summed E-state index contributed by atoms with van der Waals surface area (Å²) in [5.74, 6) is 0. The van der Waals surface area contributed by atoms with Crippen LogP contribution in [-0.4, -0.2) is 17.5 Å². The number of aliphatic hydroxyl groups is 1. The Labute approximate surface area is 50.5 Å². The topological polar surface area (TPSA) is 29.5 Å². The highest BCUT2D eigenvalue weighted by Gasteiger charge is 2.00. The lowest BCUT2D eigenvalue weighted by Gasteiger charge is -2.11. The van der Waals surface area contributed by atoms with Crippen LogP contribution in [-0.2, 0) is 4.74 Å². The van der Waals surface area contributed by atoms with Crippen LogP contribution < -0.4 is 0 Å². The van der Waals surface area contributed by atoms with Crippen molar-refractivity contribution in [3.05, 3.63) is 6.92 Å². The number of rotatable bonds is 3. The molecule has 0 saturated carbocycles. The van der Waals surface area contributed by atoms with Crippen molar-refractivity contribution in [1.82, 2.24) is 0 Å². The van der Waals surface area contributed by atoms with Gasteiger partial charge in [-0.3, -0.25) is 0 Å². The Morgan fingerprint density at radius 2 is 2.12 bits per heavy atom. The Morgan fingerprint density at radius 3 is 2.25 bits per heavy atom. The molecule has 0 aliphatic carbocycles. The average Bonchev–Trinajstić information content (AvgIpc) is 1.65. The lowest BCUT2D eigenvalue weighted by atomic mass is 10.3. The molecule has 0 amide bonds. The van der Waals surface area contributed by atoms with E-state index in [-0.39, 0.29) is 6.10 Å². The van der Waals surface area contributed by atoms with Gasteiger partial charge in [-0.25, -0.2) is 0 Å². The van der Waals surface area contributed by atoms with Crippen molar-refractivity contribution in [2.24, 2.45) is 0 Å². The zero-order valence-corrected chi connectivity index (χ0v) is 5.42. The van der Waals surface area contributed by atoms with Gasteiger partial charge in [-0.05, 0) is 20.3 Å². The summed E-state index contributed by atoms with van der Waals surface area (Å²) >= 11 is 0. The zero-order chi connectivity index (χ0) is 6.57. The first-order chi connectivity index (χ1) is 3.66. The molecule has 2 heteroatoms. The molecule has 2 unspecified atom stereocenters. The summed E-state index contributed by atoms with van der Waals surface area (Å²) in [7, 11) is 0. The van der Waals surface area contributed by atoms with E-state index in [9.17, 15) is 0 Å². The molecule has 8 heavy (non-hydrogen) atoms. The van der Waals surface area contributed by atoms with Crippen molar-refractivity contribution < 1.29 is 9.84 Å². The molecule has 2 atom stereocenters. The minimum atomic E-state index is -0.660. The van der Waals surface area contributed by atoms with E-state index in [1.165, 1.54) is 0 Å². The van der Waals surface area contributed by atoms with Gasteiger partial charge in [0, 0.05) is 0 Å². The van der Waals surface area contributed by atoms with Gasteiger partial charge in [0.2, 0.25) is 0 Å². The minimum Gasteiger partial charge on any atom is -0.368 e. The standard InChI is InChI=1S/C6H13O2/c1-4-5(2)8-6(3)7/h5-7H,1,4H2,2-3H3. The van der Waals surface area contributed by atoms with E-state index in [0.29, 0.717) is 6.42 Å². The Kier molecular flexibility index (Phi) is 3.83. The van der Waals surface area contributed by atoms with Crippen LogP contribution in [0, 0.1) is 6.92 Å². The minimum absolute atomic E-state index is 0.0648. The summed E-state index contributed by atoms with van der Waals surface area (Å²) in [5.41, 5.74) is 0. The average molecular weight is 117 g/mol. The third-order valence-corrected chi connectivity index (χ3v) is 0.836. The fourth-order valence-electron chi connectivity index (χ4n) is 0.404. The van der Waals surface area contributed by atoms with Crippen molar-refractivity contribution in [2.45, 2.75) is 32.7 Å².